The van der Waals surface area contributed by atoms with Gasteiger partial charge in [0.1, 0.15) is 0 Å². The van der Waals surface area contributed by atoms with E-state index in [-0.39, 0.29) is 0 Å². The van der Waals surface area contributed by atoms with Gasteiger partial charge in [-0.25, -0.2) is 0 Å². The number of nitrogens with zero attached hydrogens (tertiary/aromatic N) is 1. The highest BCUT2D eigenvalue weighted by molar-refractivity contribution is 7.88. The van der Waals surface area contributed by atoms with Gasteiger partial charge in [0.15, 0.2) is 0 Å². The zero-order valence-electron chi connectivity index (χ0n) is 4.24. The van der Waals surface area contributed by atoms with Crippen molar-refractivity contribution in [3.8, 4) is 0 Å². The summed E-state index contributed by atoms with van der Waals surface area (Å²) in [7, 11) is -0.883. The van der Waals surface area contributed by atoms with Crippen LogP contribution in [0.3, 0.4) is 0 Å². The molecular formula is C4H6NO2S+. The van der Waals surface area contributed by atoms with Gasteiger partial charge >= 0.3 is 0 Å². The number of hydrogen-bond acceptors (Lipinski definition) is 2. The molecule has 0 amide bonds. The predicted molar refractivity (Wildman–Crippen MR) is 30.6 cm³/mol. The lowest BCUT2D eigenvalue weighted by Gasteiger charge is -1.91. The van der Waals surface area contributed by atoms with Crippen molar-refractivity contribution in [2.75, 3.05) is 12.3 Å². The van der Waals surface area contributed by atoms with Crippen LogP contribution in [0.1, 0.15) is 0 Å². The second-order valence-electron chi connectivity index (χ2n) is 1.51. The summed E-state index contributed by atoms with van der Waals surface area (Å²) in [6, 6.07) is 0. The maximum atomic E-state index is 10.5. The largest absolute Gasteiger partial charge is 0.254 e. The molecule has 0 aliphatic carbocycles. The fraction of sp³-hybridized carbons (Fsp3) is 0.500. The minimum atomic E-state index is -0.883. The topological polar surface area (TPSA) is 37.1 Å². The molecule has 4 heteroatoms. The van der Waals surface area contributed by atoms with Crippen LogP contribution in [0.15, 0.2) is 11.6 Å². The molecule has 3 nitrogen and oxygen atoms in total. The summed E-state index contributed by atoms with van der Waals surface area (Å²) < 4.78 is 11.2. The van der Waals surface area contributed by atoms with Gasteiger partial charge < -0.3 is 0 Å². The quantitative estimate of drug-likeness (QED) is 0.435. The summed E-state index contributed by atoms with van der Waals surface area (Å²) in [6.07, 6.45) is 1.31. The van der Waals surface area contributed by atoms with E-state index in [4.69, 9.17) is 0 Å². The van der Waals surface area contributed by atoms with Gasteiger partial charge in [-0.1, -0.05) is 0 Å². The number of rotatable bonds is 0. The molecule has 0 fully saturated rings. The Morgan fingerprint density at radius 3 is 2.75 bits per heavy atom. The van der Waals surface area contributed by atoms with Crippen LogP contribution >= 0.6 is 0 Å². The SMILES string of the molecule is O=[N+]1C=CS(=O)CC1. The lowest BCUT2D eigenvalue weighted by atomic mass is 10.7. The van der Waals surface area contributed by atoms with Gasteiger partial charge in [0.25, 0.3) is 0 Å². The van der Waals surface area contributed by atoms with E-state index < -0.39 is 10.8 Å². The van der Waals surface area contributed by atoms with E-state index >= 15 is 0 Å². The number of nitroso groups, excluding NO2 is 1. The van der Waals surface area contributed by atoms with Crippen molar-refractivity contribution < 1.29 is 8.97 Å². The van der Waals surface area contributed by atoms with Gasteiger partial charge in [0.05, 0.1) is 22.0 Å². The van der Waals surface area contributed by atoms with Crippen molar-refractivity contribution in [3.63, 3.8) is 0 Å². The Labute approximate surface area is 49.4 Å². The fourth-order valence-corrected chi connectivity index (χ4v) is 1.23. The third kappa shape index (κ3) is 1.23. The van der Waals surface area contributed by atoms with Crippen LogP contribution in [-0.4, -0.2) is 21.3 Å². The molecule has 1 unspecified atom stereocenters. The number of hydrogen-bond donors (Lipinski definition) is 0. The van der Waals surface area contributed by atoms with E-state index in [0.717, 1.165) is 4.76 Å². The van der Waals surface area contributed by atoms with Crippen LogP contribution < -0.4 is 0 Å². The predicted octanol–water partition coefficient (Wildman–Crippen LogP) is -0.00120. The molecular weight excluding hydrogens is 126 g/mol. The monoisotopic (exact) mass is 132 g/mol. The van der Waals surface area contributed by atoms with E-state index in [2.05, 4.69) is 0 Å². The van der Waals surface area contributed by atoms with Crippen molar-refractivity contribution in [1.29, 1.82) is 0 Å². The molecule has 0 N–H and O–H groups in total. The van der Waals surface area contributed by atoms with Gasteiger partial charge in [-0.15, -0.1) is 0 Å². The average Bonchev–Trinajstić information content (AvgIpc) is 1.77. The van der Waals surface area contributed by atoms with Crippen molar-refractivity contribution >= 4 is 10.8 Å². The van der Waals surface area contributed by atoms with Crippen LogP contribution in [0.2, 0.25) is 0 Å². The zero-order valence-corrected chi connectivity index (χ0v) is 5.06. The van der Waals surface area contributed by atoms with Crippen LogP contribution in [0.4, 0.5) is 0 Å². The molecule has 0 saturated heterocycles. The third-order valence-corrected chi connectivity index (χ3v) is 1.90. The highest BCUT2D eigenvalue weighted by Gasteiger charge is 2.12. The van der Waals surface area contributed by atoms with Crippen LogP contribution in [-0.2, 0) is 10.8 Å². The second-order valence-corrected chi connectivity index (χ2v) is 2.95. The Balaban J connectivity index is 2.68. The molecule has 0 aromatic heterocycles. The normalized spacial score (nSPS) is 28.5. The zero-order chi connectivity index (χ0) is 5.98. The first-order chi connectivity index (χ1) is 3.79. The Morgan fingerprint density at radius 2 is 2.38 bits per heavy atom. The molecule has 8 heavy (non-hydrogen) atoms. The molecule has 1 aliphatic heterocycles. The van der Waals surface area contributed by atoms with Gasteiger partial charge in [0, 0.05) is 9.67 Å². The standard InChI is InChI=1S/C4H6NO2S/c6-5-1-3-8(7)4-2-5/h1,3H,2,4H2/q+1. The third-order valence-electron chi connectivity index (χ3n) is 0.892. The Morgan fingerprint density at radius 1 is 1.62 bits per heavy atom. The first-order valence-corrected chi connectivity index (χ1v) is 3.66. The van der Waals surface area contributed by atoms with E-state index in [1.807, 2.05) is 0 Å². The Hall–Kier alpha value is -0.510. The first-order valence-electron chi connectivity index (χ1n) is 2.28. The van der Waals surface area contributed by atoms with E-state index in [0.29, 0.717) is 12.3 Å². The lowest BCUT2D eigenvalue weighted by Crippen LogP contribution is -2.14. The van der Waals surface area contributed by atoms with Crippen molar-refractivity contribution in [2.24, 2.45) is 0 Å². The molecule has 0 radical (unpaired) electrons. The minimum absolute atomic E-state index is 0.364. The molecule has 0 bridgehead atoms. The van der Waals surface area contributed by atoms with Crippen molar-refractivity contribution in [2.45, 2.75) is 0 Å². The molecule has 44 valence electrons. The molecule has 0 saturated carbocycles. The highest BCUT2D eigenvalue weighted by Crippen LogP contribution is 1.93. The fourth-order valence-electron chi connectivity index (χ4n) is 0.458. The minimum Gasteiger partial charge on any atom is -0.254 e. The van der Waals surface area contributed by atoms with Crippen LogP contribution in [0, 0.1) is 4.91 Å². The maximum absolute atomic E-state index is 10.5. The molecule has 1 aliphatic rings. The average molecular weight is 132 g/mol. The van der Waals surface area contributed by atoms with E-state index in [1.165, 1.54) is 11.6 Å². The molecule has 0 aromatic rings. The van der Waals surface area contributed by atoms with Crippen LogP contribution in [0.5, 0.6) is 0 Å². The lowest BCUT2D eigenvalue weighted by molar-refractivity contribution is -0.474. The second kappa shape index (κ2) is 2.17. The van der Waals surface area contributed by atoms with Gasteiger partial charge in [-0.2, -0.15) is 0 Å². The van der Waals surface area contributed by atoms with Gasteiger partial charge in [0.2, 0.25) is 12.7 Å². The van der Waals surface area contributed by atoms with Crippen molar-refractivity contribution in [1.82, 2.24) is 0 Å². The van der Waals surface area contributed by atoms with E-state index in [9.17, 15) is 9.12 Å². The van der Waals surface area contributed by atoms with E-state index in [1.54, 1.807) is 0 Å². The molecule has 1 atom stereocenters. The summed E-state index contributed by atoms with van der Waals surface area (Å²) in [6.45, 7) is 0.364. The van der Waals surface area contributed by atoms with Crippen molar-refractivity contribution in [3.05, 3.63) is 16.5 Å². The summed E-state index contributed by atoms with van der Waals surface area (Å²) in [5.74, 6) is 0.472. The molecule has 1 rings (SSSR count). The summed E-state index contributed by atoms with van der Waals surface area (Å²) in [5.41, 5.74) is 0. The Bertz CT molecular complexity index is 145. The summed E-state index contributed by atoms with van der Waals surface area (Å²) in [4.78, 5) is 10.3. The van der Waals surface area contributed by atoms with Gasteiger partial charge in [-0.05, 0) is 0 Å². The molecule has 0 aromatic carbocycles. The molecule has 1 heterocycles. The van der Waals surface area contributed by atoms with Gasteiger partial charge in [-0.3, -0.25) is 4.21 Å². The summed E-state index contributed by atoms with van der Waals surface area (Å²) in [5, 5.41) is 1.41. The molecule has 0 spiro atoms. The summed E-state index contributed by atoms with van der Waals surface area (Å²) >= 11 is 0. The maximum Gasteiger partial charge on any atom is 0.229 e. The highest BCUT2D eigenvalue weighted by atomic mass is 32.2. The van der Waals surface area contributed by atoms with Crippen LogP contribution in [0.25, 0.3) is 0 Å². The Kier molecular flexibility index (Phi) is 1.53. The smallest absolute Gasteiger partial charge is 0.229 e. The first kappa shape index (κ1) is 5.62.